The van der Waals surface area contributed by atoms with Crippen LogP contribution in [0, 0.1) is 0 Å². The number of benzene rings is 2. The monoisotopic (exact) mass is 504 g/mol. The van der Waals surface area contributed by atoms with Crippen LogP contribution in [0.4, 0.5) is 0 Å². The summed E-state index contributed by atoms with van der Waals surface area (Å²) in [5, 5.41) is 14.3. The van der Waals surface area contributed by atoms with E-state index < -0.39 is 5.60 Å². The van der Waals surface area contributed by atoms with Crippen LogP contribution in [0.1, 0.15) is 54.2 Å². The fourth-order valence-corrected chi connectivity index (χ4v) is 5.89. The Labute approximate surface area is 181 Å². The van der Waals surface area contributed by atoms with Crippen molar-refractivity contribution in [2.45, 2.75) is 44.6 Å². The number of thiophene rings is 1. The van der Waals surface area contributed by atoms with E-state index in [1.54, 1.807) is 11.3 Å². The lowest BCUT2D eigenvalue weighted by Gasteiger charge is -2.27. The minimum Gasteiger partial charge on any atom is -0.375 e. The summed E-state index contributed by atoms with van der Waals surface area (Å²) in [7, 11) is 0. The van der Waals surface area contributed by atoms with Gasteiger partial charge in [-0.3, -0.25) is 0 Å². The highest BCUT2D eigenvalue weighted by Crippen LogP contribution is 2.54. The summed E-state index contributed by atoms with van der Waals surface area (Å²) in [6, 6.07) is 14.7. The first-order chi connectivity index (χ1) is 13.1. The number of fused-ring (bicyclic) bond motifs is 3. The quantitative estimate of drug-likeness (QED) is 0.341. The van der Waals surface area contributed by atoms with Gasteiger partial charge in [0.1, 0.15) is 0 Å². The van der Waals surface area contributed by atoms with E-state index in [0.29, 0.717) is 0 Å². The Morgan fingerprint density at radius 2 is 1.52 bits per heavy atom. The first-order valence-corrected chi connectivity index (χ1v) is 11.9. The Bertz CT molecular complexity index is 925. The first-order valence-electron chi connectivity index (χ1n) is 9.45. The van der Waals surface area contributed by atoms with Gasteiger partial charge in [0.15, 0.2) is 5.60 Å². The molecule has 27 heavy (non-hydrogen) atoms. The molecule has 1 heterocycles. The minimum atomic E-state index is -1.09. The van der Waals surface area contributed by atoms with Gasteiger partial charge in [-0.05, 0) is 65.2 Å². The molecule has 0 saturated carbocycles. The van der Waals surface area contributed by atoms with Crippen LogP contribution in [0.3, 0.4) is 0 Å². The van der Waals surface area contributed by atoms with Crippen molar-refractivity contribution in [3.8, 4) is 11.1 Å². The van der Waals surface area contributed by atoms with Crippen molar-refractivity contribution in [2.24, 2.45) is 0 Å². The molecule has 0 bridgehead atoms. The minimum absolute atomic E-state index is 0.974. The maximum Gasteiger partial charge on any atom is 0.151 e. The second-order valence-corrected chi connectivity index (χ2v) is 9.92. The van der Waals surface area contributed by atoms with Crippen molar-refractivity contribution in [3.63, 3.8) is 0 Å². The van der Waals surface area contributed by atoms with E-state index in [4.69, 9.17) is 0 Å². The first kappa shape index (κ1) is 19.4. The van der Waals surface area contributed by atoms with Gasteiger partial charge < -0.3 is 5.11 Å². The zero-order valence-corrected chi connectivity index (χ0v) is 19.3. The second-order valence-electron chi connectivity index (χ2n) is 7.18. The highest BCUT2D eigenvalue weighted by molar-refractivity contribution is 9.10. The van der Waals surface area contributed by atoms with Gasteiger partial charge in [0.2, 0.25) is 0 Å². The topological polar surface area (TPSA) is 20.2 Å². The highest BCUT2D eigenvalue weighted by atomic mass is 79.9. The van der Waals surface area contributed by atoms with Gasteiger partial charge in [-0.15, -0.1) is 11.3 Å². The van der Waals surface area contributed by atoms with E-state index in [2.05, 4.69) is 86.6 Å². The molecule has 0 unspecified atom stereocenters. The van der Waals surface area contributed by atoms with Crippen molar-refractivity contribution < 1.29 is 5.11 Å². The van der Waals surface area contributed by atoms with E-state index in [1.165, 1.54) is 31.2 Å². The van der Waals surface area contributed by atoms with E-state index in [0.717, 1.165) is 42.5 Å². The normalized spacial score (nSPS) is 14.2. The molecule has 3 aromatic rings. The van der Waals surface area contributed by atoms with Gasteiger partial charge >= 0.3 is 0 Å². The fraction of sp³-hybridized carbons (Fsp3) is 0.304. The lowest BCUT2D eigenvalue weighted by molar-refractivity contribution is 0.133. The largest absolute Gasteiger partial charge is 0.375 e. The van der Waals surface area contributed by atoms with Crippen molar-refractivity contribution in [2.75, 3.05) is 0 Å². The number of unbranched alkanes of at least 4 members (excludes halogenated alkanes) is 3. The third-order valence-corrected chi connectivity index (χ3v) is 7.46. The molecule has 0 saturated heterocycles. The second kappa shape index (κ2) is 7.82. The zero-order chi connectivity index (χ0) is 19.0. The number of aliphatic hydroxyl groups is 1. The van der Waals surface area contributed by atoms with Gasteiger partial charge in [0, 0.05) is 24.9 Å². The van der Waals surface area contributed by atoms with Crippen LogP contribution in [0.2, 0.25) is 0 Å². The Kier molecular flexibility index (Phi) is 5.62. The Balaban J connectivity index is 1.84. The molecule has 0 atom stereocenters. The summed E-state index contributed by atoms with van der Waals surface area (Å²) >= 11 is 8.87. The molecule has 1 aliphatic rings. The maximum absolute atomic E-state index is 12.2. The maximum atomic E-state index is 12.2. The predicted molar refractivity (Wildman–Crippen MR) is 122 cm³/mol. The molecule has 2 aromatic carbocycles. The summed E-state index contributed by atoms with van der Waals surface area (Å²) < 4.78 is 1.99. The van der Waals surface area contributed by atoms with Gasteiger partial charge in [0.05, 0.1) is 0 Å². The molecule has 4 heteroatoms. The van der Waals surface area contributed by atoms with Crippen LogP contribution < -0.4 is 0 Å². The van der Waals surface area contributed by atoms with Crippen LogP contribution in [-0.4, -0.2) is 5.11 Å². The smallest absolute Gasteiger partial charge is 0.151 e. The van der Waals surface area contributed by atoms with Gasteiger partial charge in [-0.25, -0.2) is 0 Å². The number of aryl methyl sites for hydroxylation is 1. The standard InChI is InChI=1S/C23H22Br2OS/c1-2-3-4-5-6-15-11-12-27-22(15)23(26)20-13-16(24)7-9-18(20)19-10-8-17(25)14-21(19)23/h7-14,26H,2-6H2,1H3. The summed E-state index contributed by atoms with van der Waals surface area (Å²) in [5.74, 6) is 0. The number of hydrogen-bond donors (Lipinski definition) is 1. The van der Waals surface area contributed by atoms with Crippen molar-refractivity contribution in [1.82, 2.24) is 0 Å². The van der Waals surface area contributed by atoms with Gasteiger partial charge in [-0.2, -0.15) is 0 Å². The molecule has 0 radical (unpaired) electrons. The Morgan fingerprint density at radius 1 is 0.889 bits per heavy atom. The van der Waals surface area contributed by atoms with Crippen molar-refractivity contribution >= 4 is 43.2 Å². The molecule has 1 N–H and O–H groups in total. The van der Waals surface area contributed by atoms with Crippen molar-refractivity contribution in [3.05, 3.63) is 78.4 Å². The average Bonchev–Trinajstić information content (AvgIpc) is 3.22. The number of hydrogen-bond acceptors (Lipinski definition) is 2. The molecule has 0 spiro atoms. The molecule has 140 valence electrons. The van der Waals surface area contributed by atoms with Crippen LogP contribution in [0.25, 0.3) is 11.1 Å². The average molecular weight is 506 g/mol. The van der Waals surface area contributed by atoms with E-state index in [1.807, 2.05) is 0 Å². The lowest BCUT2D eigenvalue weighted by Crippen LogP contribution is -2.26. The third-order valence-electron chi connectivity index (χ3n) is 5.41. The van der Waals surface area contributed by atoms with E-state index in [-0.39, 0.29) is 0 Å². The zero-order valence-electron chi connectivity index (χ0n) is 15.3. The van der Waals surface area contributed by atoms with Crippen LogP contribution >= 0.6 is 43.2 Å². The molecular formula is C23H22Br2OS. The van der Waals surface area contributed by atoms with Gasteiger partial charge in [-0.1, -0.05) is 70.2 Å². The summed E-state index contributed by atoms with van der Waals surface area (Å²) in [6.45, 7) is 2.24. The molecule has 0 amide bonds. The van der Waals surface area contributed by atoms with Gasteiger partial charge in [0.25, 0.3) is 0 Å². The van der Waals surface area contributed by atoms with E-state index >= 15 is 0 Å². The van der Waals surface area contributed by atoms with Crippen LogP contribution in [0.5, 0.6) is 0 Å². The van der Waals surface area contributed by atoms with Crippen LogP contribution in [-0.2, 0) is 12.0 Å². The molecule has 4 rings (SSSR count). The van der Waals surface area contributed by atoms with Crippen LogP contribution in [0.15, 0.2) is 56.8 Å². The molecule has 0 aliphatic heterocycles. The van der Waals surface area contributed by atoms with Crippen molar-refractivity contribution in [1.29, 1.82) is 0 Å². The molecule has 1 aromatic heterocycles. The number of halogens is 2. The summed E-state index contributed by atoms with van der Waals surface area (Å²) in [6.07, 6.45) is 5.95. The molecular weight excluding hydrogens is 484 g/mol. The SMILES string of the molecule is CCCCCCc1ccsc1C1(O)c2cc(Br)ccc2-c2ccc(Br)cc21. The fourth-order valence-electron chi connectivity index (χ4n) is 4.08. The Hall–Kier alpha value is -0.940. The predicted octanol–water partition coefficient (Wildman–Crippen LogP) is 7.66. The highest BCUT2D eigenvalue weighted by Gasteiger charge is 2.45. The Morgan fingerprint density at radius 3 is 2.11 bits per heavy atom. The summed E-state index contributed by atoms with van der Waals surface area (Å²) in [4.78, 5) is 1.06. The third kappa shape index (κ3) is 3.35. The lowest BCUT2D eigenvalue weighted by atomic mass is 9.87. The molecule has 1 aliphatic carbocycles. The summed E-state index contributed by atoms with van der Waals surface area (Å²) in [5.41, 5.74) is 4.37. The molecule has 1 nitrogen and oxygen atoms in total. The number of rotatable bonds is 6. The molecule has 0 fully saturated rings. The van der Waals surface area contributed by atoms with E-state index in [9.17, 15) is 5.11 Å².